The molecular weight excluding hydrogens is 610 g/mol. The topological polar surface area (TPSA) is 143 Å². The van der Waals surface area contributed by atoms with Crippen molar-refractivity contribution in [1.29, 1.82) is 0 Å². The summed E-state index contributed by atoms with van der Waals surface area (Å²) in [6, 6.07) is 8.60. The number of terminal acetylenes is 1. The highest BCUT2D eigenvalue weighted by Crippen LogP contribution is 2.39. The number of carbonyl (C=O) groups is 1. The largest absolute Gasteiger partial charge is 0.464 e. The minimum absolute atomic E-state index is 0.0810. The van der Waals surface area contributed by atoms with Crippen LogP contribution >= 0.6 is 8.18 Å². The van der Waals surface area contributed by atoms with E-state index in [1.807, 2.05) is 30.3 Å². The van der Waals surface area contributed by atoms with E-state index in [2.05, 4.69) is 39.8 Å². The van der Waals surface area contributed by atoms with Crippen molar-refractivity contribution in [3.63, 3.8) is 0 Å². The first-order valence-electron chi connectivity index (χ1n) is 16.2. The number of carbonyl (C=O) groups excluding carboxylic acids is 1. The Kier molecular flexibility index (Phi) is 13.5. The van der Waals surface area contributed by atoms with Crippen LogP contribution in [0.4, 0.5) is 10.2 Å². The van der Waals surface area contributed by atoms with Crippen molar-refractivity contribution in [2.45, 2.75) is 102 Å². The fraction of sp³-hybridized carbons (Fsp3) is 0.576. The summed E-state index contributed by atoms with van der Waals surface area (Å²) in [5.41, 5.74) is 5.90. The molecule has 1 aromatic carbocycles. The molecule has 3 aromatic rings. The number of hydrogen-bond donors (Lipinski definition) is 2. The molecule has 0 amide bonds. The first-order chi connectivity index (χ1) is 22.3. The molecule has 0 radical (unpaired) electrons. The van der Waals surface area contributed by atoms with E-state index in [9.17, 15) is 13.8 Å². The number of nitrogen functional groups attached to an aromatic ring is 1. The third kappa shape index (κ3) is 9.82. The molecule has 1 fully saturated rings. The number of unbranched alkanes of at least 4 members (excludes halogenated alkanes) is 4. The maximum Gasteiger partial charge on any atom is 0.323 e. The molecule has 3 N–H and O–H groups in total. The molecule has 250 valence electrons. The number of aromatic nitrogens is 4. The lowest BCUT2D eigenvalue weighted by molar-refractivity contribution is -0.147. The van der Waals surface area contributed by atoms with Gasteiger partial charge in [-0.25, -0.2) is 10.1 Å². The van der Waals surface area contributed by atoms with E-state index in [1.54, 1.807) is 4.57 Å². The van der Waals surface area contributed by atoms with Gasteiger partial charge in [0.05, 0.1) is 19.5 Å². The number of nitrogens with one attached hydrogen (secondary N) is 1. The number of fused-ring (bicyclic) bond motifs is 1. The van der Waals surface area contributed by atoms with Crippen LogP contribution in [0.15, 0.2) is 36.7 Å². The van der Waals surface area contributed by atoms with Crippen molar-refractivity contribution in [3.8, 4) is 12.3 Å². The van der Waals surface area contributed by atoms with Gasteiger partial charge in [-0.3, -0.25) is 13.9 Å². The van der Waals surface area contributed by atoms with E-state index in [1.165, 1.54) is 6.33 Å². The fourth-order valence-corrected chi connectivity index (χ4v) is 6.65. The molecule has 2 aromatic heterocycles. The van der Waals surface area contributed by atoms with E-state index in [4.69, 9.17) is 26.2 Å². The summed E-state index contributed by atoms with van der Waals surface area (Å²) in [5.74, 6) is 2.38. The van der Waals surface area contributed by atoms with Crippen LogP contribution in [0.25, 0.3) is 11.2 Å². The Hall–Kier alpha value is -3.36. The van der Waals surface area contributed by atoms with Crippen LogP contribution in [-0.4, -0.2) is 50.3 Å². The van der Waals surface area contributed by atoms with Gasteiger partial charge >= 0.3 is 12.0 Å². The first kappa shape index (κ1) is 35.5. The second kappa shape index (κ2) is 17.5. The number of benzene rings is 1. The summed E-state index contributed by atoms with van der Waals surface area (Å²) in [7, 11) is -2.96. The Morgan fingerprint density at radius 1 is 1.22 bits per heavy atom. The van der Waals surface area contributed by atoms with Crippen molar-refractivity contribution in [2.24, 2.45) is 5.92 Å². The van der Waals surface area contributed by atoms with Crippen molar-refractivity contribution >= 4 is 31.1 Å². The molecule has 3 heterocycles. The molecule has 1 aliphatic rings. The average Bonchev–Trinajstić information content (AvgIpc) is 3.67. The van der Waals surface area contributed by atoms with E-state index < -0.39 is 38.1 Å². The van der Waals surface area contributed by atoms with Gasteiger partial charge in [-0.05, 0) is 43.6 Å². The predicted octanol–water partition coefficient (Wildman–Crippen LogP) is 6.16. The highest BCUT2D eigenvalue weighted by Gasteiger charge is 2.41. The van der Waals surface area contributed by atoms with E-state index in [-0.39, 0.29) is 30.0 Å². The van der Waals surface area contributed by atoms with Gasteiger partial charge in [0.15, 0.2) is 22.6 Å². The Balaban J connectivity index is 1.38. The zero-order valence-corrected chi connectivity index (χ0v) is 27.8. The normalized spacial score (nSPS) is 19.3. The minimum Gasteiger partial charge on any atom is -0.464 e. The van der Waals surface area contributed by atoms with Crippen molar-refractivity contribution in [2.75, 3.05) is 18.9 Å². The maximum atomic E-state index is 13.9. The Morgan fingerprint density at radius 2 is 1.93 bits per heavy atom. The Bertz CT molecular complexity index is 1470. The number of halogens is 1. The van der Waals surface area contributed by atoms with Gasteiger partial charge < -0.3 is 19.7 Å². The van der Waals surface area contributed by atoms with Gasteiger partial charge in [-0.15, -0.1) is 6.42 Å². The first-order valence-corrected chi connectivity index (χ1v) is 17.5. The summed E-state index contributed by atoms with van der Waals surface area (Å²) in [6.07, 6.45) is 15.6. The maximum absolute atomic E-state index is 13.9. The molecule has 46 heavy (non-hydrogen) atoms. The number of rotatable bonds is 19. The highest BCUT2D eigenvalue weighted by molar-refractivity contribution is 7.36. The van der Waals surface area contributed by atoms with Crippen LogP contribution in [0.3, 0.4) is 0 Å². The SMILES string of the molecule is C#C[C@@]1(CO[PH](=O)N[C@@H](Cc2ccccc2)C(=O)OCC(CCCCC)CCCCC)CC[C@H](n2cnc3c(N)nc(F)nc32)O1. The van der Waals surface area contributed by atoms with Crippen LogP contribution in [0.1, 0.15) is 89.8 Å². The summed E-state index contributed by atoms with van der Waals surface area (Å²) >= 11 is 0. The van der Waals surface area contributed by atoms with Crippen LogP contribution in [-0.2, 0) is 29.8 Å². The van der Waals surface area contributed by atoms with Gasteiger partial charge in [0.1, 0.15) is 12.3 Å². The van der Waals surface area contributed by atoms with Gasteiger partial charge in [0.25, 0.3) is 8.18 Å². The molecule has 13 heteroatoms. The molecule has 1 aliphatic heterocycles. The molecule has 1 unspecified atom stereocenters. The second-order valence-corrected chi connectivity index (χ2v) is 13.1. The number of nitrogens with zero attached hydrogens (tertiary/aromatic N) is 4. The second-order valence-electron chi connectivity index (χ2n) is 11.9. The van der Waals surface area contributed by atoms with Gasteiger partial charge in [0.2, 0.25) is 0 Å². The van der Waals surface area contributed by atoms with E-state index in [0.29, 0.717) is 25.4 Å². The lowest BCUT2D eigenvalue weighted by atomic mass is 9.96. The average molecular weight is 657 g/mol. The monoisotopic (exact) mass is 656 g/mol. The van der Waals surface area contributed by atoms with Crippen molar-refractivity contribution < 1.29 is 27.7 Å². The van der Waals surface area contributed by atoms with Crippen molar-refractivity contribution in [3.05, 3.63) is 48.3 Å². The number of imidazole rings is 1. The zero-order chi connectivity index (χ0) is 32.9. The number of ether oxygens (including phenoxy) is 2. The Labute approximate surface area is 271 Å². The van der Waals surface area contributed by atoms with Gasteiger partial charge in [-0.1, -0.05) is 88.6 Å². The van der Waals surface area contributed by atoms with Crippen LogP contribution < -0.4 is 10.8 Å². The molecule has 0 bridgehead atoms. The van der Waals surface area contributed by atoms with Crippen LogP contribution in [0.2, 0.25) is 0 Å². The van der Waals surface area contributed by atoms with E-state index in [0.717, 1.165) is 56.9 Å². The third-order valence-electron chi connectivity index (χ3n) is 8.34. The molecule has 0 saturated carbocycles. The highest BCUT2D eigenvalue weighted by atomic mass is 31.1. The fourth-order valence-electron chi connectivity index (χ4n) is 5.69. The molecule has 4 rings (SSSR count). The minimum atomic E-state index is -2.96. The predicted molar refractivity (Wildman–Crippen MR) is 175 cm³/mol. The molecule has 4 atom stereocenters. The summed E-state index contributed by atoms with van der Waals surface area (Å²) in [4.78, 5) is 24.9. The van der Waals surface area contributed by atoms with Crippen LogP contribution in [0.5, 0.6) is 0 Å². The molecular formula is C33H46FN6O5P. The Morgan fingerprint density at radius 3 is 2.61 bits per heavy atom. The number of esters is 1. The summed E-state index contributed by atoms with van der Waals surface area (Å²) in [6.45, 7) is 4.50. The van der Waals surface area contributed by atoms with Crippen molar-refractivity contribution in [1.82, 2.24) is 24.6 Å². The molecule has 0 aliphatic carbocycles. The lowest BCUT2D eigenvalue weighted by Crippen LogP contribution is -2.38. The quantitative estimate of drug-likeness (QED) is 0.0507. The summed E-state index contributed by atoms with van der Waals surface area (Å²) in [5, 5.41) is 2.87. The molecule has 11 nitrogen and oxygen atoms in total. The number of anilines is 1. The lowest BCUT2D eigenvalue weighted by Gasteiger charge is -2.25. The number of hydrogen-bond acceptors (Lipinski definition) is 9. The molecule has 1 saturated heterocycles. The van der Waals surface area contributed by atoms with Crippen LogP contribution in [0, 0.1) is 24.3 Å². The molecule has 0 spiro atoms. The zero-order valence-electron chi connectivity index (χ0n) is 26.8. The number of nitrogens with two attached hydrogens (primary N) is 1. The van der Waals surface area contributed by atoms with Gasteiger partial charge in [0, 0.05) is 0 Å². The third-order valence-corrected chi connectivity index (χ3v) is 9.33. The smallest absolute Gasteiger partial charge is 0.323 e. The standard InChI is InChI=1S/C33H46FN6O5P/c1-4-7-10-16-25(17-11-8-5-2)21-43-31(41)26(20-24-14-12-9-13-15-24)39-46(42)44-22-33(6-3)19-18-27(45-33)40-23-36-28-29(35)37-32(34)38-30(28)40/h3,9,12-15,23,25-27,46H,4-5,7-8,10-11,16-22H2,1-2H3,(H,39,42)(H2,35,37,38)/t26-,27+,33-/m0/s1. The van der Waals surface area contributed by atoms with E-state index >= 15 is 0 Å². The van der Waals surface area contributed by atoms with Gasteiger partial charge in [-0.2, -0.15) is 14.4 Å². The summed E-state index contributed by atoms with van der Waals surface area (Å²) < 4.78 is 46.4.